The Balaban J connectivity index is 1.65. The highest BCUT2D eigenvalue weighted by Crippen LogP contribution is 2.24. The van der Waals surface area contributed by atoms with Gasteiger partial charge in [-0.2, -0.15) is 0 Å². The van der Waals surface area contributed by atoms with Crippen molar-refractivity contribution in [3.8, 4) is 0 Å². The van der Waals surface area contributed by atoms with Crippen LogP contribution >= 0.6 is 0 Å². The Hall–Kier alpha value is -1.40. The van der Waals surface area contributed by atoms with E-state index in [2.05, 4.69) is 22.4 Å². The normalized spacial score (nSPS) is 15.4. The summed E-state index contributed by atoms with van der Waals surface area (Å²) in [5.41, 5.74) is -0.0445. The molecule has 1 aromatic rings. The molecule has 6 heteroatoms. The van der Waals surface area contributed by atoms with Gasteiger partial charge in [0.25, 0.3) is 0 Å². The van der Waals surface area contributed by atoms with Crippen LogP contribution in [0.5, 0.6) is 0 Å². The third-order valence-electron chi connectivity index (χ3n) is 2.89. The van der Waals surface area contributed by atoms with Gasteiger partial charge in [0.05, 0.1) is 6.54 Å². The lowest BCUT2D eigenvalue weighted by Gasteiger charge is -2.15. The number of likely N-dealkylation sites (N-methyl/N-ethyl adjacent to an activating group) is 1. The fraction of sp³-hybridized carbons (Fsp3) is 0.636. The molecule has 1 aliphatic carbocycles. The van der Waals surface area contributed by atoms with Crippen LogP contribution in [0.25, 0.3) is 0 Å². The summed E-state index contributed by atoms with van der Waals surface area (Å²) < 4.78 is 4.89. The smallest absolute Gasteiger partial charge is 0.358 e. The second-order valence-electron chi connectivity index (χ2n) is 4.37. The maximum Gasteiger partial charge on any atom is 0.358 e. The minimum atomic E-state index is -1.06. The maximum absolute atomic E-state index is 10.6. The van der Waals surface area contributed by atoms with E-state index in [0.717, 1.165) is 19.1 Å². The molecule has 6 nitrogen and oxygen atoms in total. The van der Waals surface area contributed by atoms with Crippen molar-refractivity contribution in [3.05, 3.63) is 17.5 Å². The monoisotopic (exact) mass is 239 g/mol. The summed E-state index contributed by atoms with van der Waals surface area (Å²) in [5.74, 6) is -0.509. The molecule has 1 aliphatic rings. The minimum Gasteiger partial charge on any atom is -0.476 e. The fourth-order valence-electron chi connectivity index (χ4n) is 1.66. The lowest BCUT2D eigenvalue weighted by atomic mass is 10.3. The van der Waals surface area contributed by atoms with Crippen LogP contribution in [-0.2, 0) is 6.54 Å². The molecular weight excluding hydrogens is 222 g/mol. The molecule has 0 atom stereocenters. The third kappa shape index (κ3) is 3.54. The van der Waals surface area contributed by atoms with Crippen LogP contribution in [0.1, 0.15) is 29.1 Å². The van der Waals surface area contributed by atoms with Crippen molar-refractivity contribution in [1.82, 2.24) is 15.4 Å². The minimum absolute atomic E-state index is 0.0445. The van der Waals surface area contributed by atoms with Gasteiger partial charge in [-0.3, -0.25) is 0 Å². The molecule has 17 heavy (non-hydrogen) atoms. The fourth-order valence-corrected chi connectivity index (χ4v) is 1.66. The molecule has 0 amide bonds. The van der Waals surface area contributed by atoms with Gasteiger partial charge in [0.1, 0.15) is 0 Å². The van der Waals surface area contributed by atoms with Crippen LogP contribution in [0, 0.1) is 0 Å². The van der Waals surface area contributed by atoms with Crippen LogP contribution in [0.3, 0.4) is 0 Å². The highest BCUT2D eigenvalue weighted by molar-refractivity contribution is 5.85. The molecule has 0 radical (unpaired) electrons. The Labute approximate surface area is 99.6 Å². The molecule has 0 bridgehead atoms. The molecule has 0 aromatic carbocycles. The summed E-state index contributed by atoms with van der Waals surface area (Å²) >= 11 is 0. The van der Waals surface area contributed by atoms with E-state index in [-0.39, 0.29) is 5.69 Å². The molecule has 2 N–H and O–H groups in total. The first-order valence-electron chi connectivity index (χ1n) is 5.76. The van der Waals surface area contributed by atoms with E-state index in [1.807, 2.05) is 0 Å². The zero-order chi connectivity index (χ0) is 12.3. The average molecular weight is 239 g/mol. The largest absolute Gasteiger partial charge is 0.476 e. The highest BCUT2D eigenvalue weighted by atomic mass is 16.5. The Morgan fingerprint density at radius 1 is 1.71 bits per heavy atom. The van der Waals surface area contributed by atoms with Gasteiger partial charge in [0.2, 0.25) is 0 Å². The Morgan fingerprint density at radius 3 is 3.06 bits per heavy atom. The maximum atomic E-state index is 10.6. The molecule has 1 aromatic heterocycles. The van der Waals surface area contributed by atoms with Gasteiger partial charge >= 0.3 is 5.97 Å². The van der Waals surface area contributed by atoms with Gasteiger partial charge in [-0.15, -0.1) is 0 Å². The molecule has 2 rings (SSSR count). The third-order valence-corrected chi connectivity index (χ3v) is 2.89. The first-order valence-corrected chi connectivity index (χ1v) is 5.76. The quantitative estimate of drug-likeness (QED) is 0.677. The van der Waals surface area contributed by atoms with Crippen molar-refractivity contribution in [3.63, 3.8) is 0 Å². The van der Waals surface area contributed by atoms with Gasteiger partial charge in [-0.1, -0.05) is 5.16 Å². The second-order valence-corrected chi connectivity index (χ2v) is 4.37. The van der Waals surface area contributed by atoms with Crippen molar-refractivity contribution in [1.29, 1.82) is 0 Å². The number of nitrogens with zero attached hydrogens (tertiary/aromatic N) is 2. The lowest BCUT2D eigenvalue weighted by Crippen LogP contribution is -2.30. The van der Waals surface area contributed by atoms with E-state index in [1.54, 1.807) is 0 Å². The number of carbonyl (C=O) groups is 1. The van der Waals surface area contributed by atoms with E-state index >= 15 is 0 Å². The van der Waals surface area contributed by atoms with E-state index in [9.17, 15) is 4.79 Å². The number of nitrogens with one attached hydrogen (secondary N) is 1. The molecule has 94 valence electrons. The standard InChI is InChI=1S/C11H17N3O3/c1-14(8-2-3-8)5-4-12-7-9-6-10(11(15)16)13-17-9/h6,8,12H,2-5,7H2,1H3,(H,15,16). The van der Waals surface area contributed by atoms with Crippen molar-refractivity contribution < 1.29 is 14.4 Å². The summed E-state index contributed by atoms with van der Waals surface area (Å²) in [7, 11) is 2.12. The zero-order valence-corrected chi connectivity index (χ0v) is 9.85. The van der Waals surface area contributed by atoms with Gasteiger partial charge in [-0.25, -0.2) is 4.79 Å². The van der Waals surface area contributed by atoms with Crippen molar-refractivity contribution in [2.45, 2.75) is 25.4 Å². The van der Waals surface area contributed by atoms with Crippen molar-refractivity contribution in [2.75, 3.05) is 20.1 Å². The lowest BCUT2D eigenvalue weighted by molar-refractivity contribution is 0.0685. The van der Waals surface area contributed by atoms with Crippen LogP contribution in [0.4, 0.5) is 0 Å². The first kappa shape index (κ1) is 12.1. The number of hydrogen-bond donors (Lipinski definition) is 2. The SMILES string of the molecule is CN(CCNCc1cc(C(=O)O)no1)C1CC1. The number of aromatic carboxylic acids is 1. The van der Waals surface area contributed by atoms with E-state index in [1.165, 1.54) is 18.9 Å². The molecular formula is C11H17N3O3. The van der Waals surface area contributed by atoms with E-state index < -0.39 is 5.97 Å². The zero-order valence-electron chi connectivity index (χ0n) is 9.85. The predicted molar refractivity (Wildman–Crippen MR) is 60.8 cm³/mol. The van der Waals surface area contributed by atoms with Gasteiger partial charge < -0.3 is 19.8 Å². The van der Waals surface area contributed by atoms with Crippen molar-refractivity contribution >= 4 is 5.97 Å². The predicted octanol–water partition coefficient (Wildman–Crippen LogP) is 0.557. The summed E-state index contributed by atoms with van der Waals surface area (Å²) in [4.78, 5) is 12.9. The number of carboxylic acid groups (broad SMARTS) is 1. The average Bonchev–Trinajstić information content (AvgIpc) is 3.03. The van der Waals surface area contributed by atoms with Crippen molar-refractivity contribution in [2.24, 2.45) is 0 Å². The number of rotatable bonds is 7. The second kappa shape index (κ2) is 5.29. The molecule has 0 spiro atoms. The van der Waals surface area contributed by atoms with Crippen LogP contribution in [-0.4, -0.2) is 47.3 Å². The van der Waals surface area contributed by atoms with Gasteiger partial charge in [0.15, 0.2) is 11.5 Å². The van der Waals surface area contributed by atoms with Crippen LogP contribution in [0.15, 0.2) is 10.6 Å². The van der Waals surface area contributed by atoms with Crippen LogP contribution < -0.4 is 5.32 Å². The molecule has 0 aliphatic heterocycles. The molecule has 0 unspecified atom stereocenters. The molecule has 1 fully saturated rings. The summed E-state index contributed by atoms with van der Waals surface area (Å²) in [6, 6.07) is 2.21. The van der Waals surface area contributed by atoms with Gasteiger partial charge in [0, 0.05) is 25.2 Å². The topological polar surface area (TPSA) is 78.6 Å². The Morgan fingerprint density at radius 2 is 2.47 bits per heavy atom. The van der Waals surface area contributed by atoms with E-state index in [4.69, 9.17) is 9.63 Å². The Bertz CT molecular complexity index is 387. The summed E-state index contributed by atoms with van der Waals surface area (Å²) in [5, 5.41) is 15.3. The Kier molecular flexibility index (Phi) is 3.75. The molecule has 1 saturated carbocycles. The molecule has 0 saturated heterocycles. The molecule has 1 heterocycles. The number of aromatic nitrogens is 1. The number of hydrogen-bond acceptors (Lipinski definition) is 5. The number of carboxylic acids is 1. The summed E-state index contributed by atoms with van der Waals surface area (Å²) in [6.07, 6.45) is 2.61. The van der Waals surface area contributed by atoms with Crippen LogP contribution in [0.2, 0.25) is 0 Å². The first-order chi connectivity index (χ1) is 8.16. The van der Waals surface area contributed by atoms with Gasteiger partial charge in [-0.05, 0) is 19.9 Å². The summed E-state index contributed by atoms with van der Waals surface area (Å²) in [6.45, 7) is 2.36. The van der Waals surface area contributed by atoms with E-state index in [0.29, 0.717) is 12.3 Å². The highest BCUT2D eigenvalue weighted by Gasteiger charge is 2.25.